The Morgan fingerprint density at radius 3 is 2.65 bits per heavy atom. The summed E-state index contributed by atoms with van der Waals surface area (Å²) in [6.07, 6.45) is 4.25. The average Bonchev–Trinajstić information content (AvgIpc) is 3.60. The molecule has 2 aliphatic heterocycles. The van der Waals surface area contributed by atoms with Crippen LogP contribution in [0.5, 0.6) is 0 Å². The highest BCUT2D eigenvalue weighted by Gasteiger charge is 2.54. The van der Waals surface area contributed by atoms with Crippen LogP contribution in [0.1, 0.15) is 35.6 Å². The normalized spacial score (nSPS) is 24.7. The van der Waals surface area contributed by atoms with Crippen LogP contribution in [-0.4, -0.2) is 63.5 Å². The van der Waals surface area contributed by atoms with Gasteiger partial charge < -0.3 is 14.9 Å². The number of nitrogens with zero attached hydrogens (tertiary/aromatic N) is 3. The fourth-order valence-electron chi connectivity index (χ4n) is 4.66. The van der Waals surface area contributed by atoms with Crippen LogP contribution in [0.4, 0.5) is 0 Å². The summed E-state index contributed by atoms with van der Waals surface area (Å²) in [5, 5.41) is 9.95. The molecule has 1 N–H and O–H groups in total. The van der Waals surface area contributed by atoms with Gasteiger partial charge in [-0.25, -0.2) is 0 Å². The fourth-order valence-corrected chi connectivity index (χ4v) is 4.66. The van der Waals surface area contributed by atoms with Crippen LogP contribution >= 0.6 is 0 Å². The van der Waals surface area contributed by atoms with E-state index in [9.17, 15) is 14.7 Å². The van der Waals surface area contributed by atoms with E-state index < -0.39 is 0 Å². The van der Waals surface area contributed by atoms with Gasteiger partial charge in [0.2, 0.25) is 11.8 Å². The molecule has 2 amide bonds. The molecule has 2 aromatic rings. The topological polar surface area (TPSA) is 73.7 Å². The molecule has 1 aliphatic carbocycles. The molecule has 3 atom stereocenters. The fraction of sp³-hybridized carbons (Fsp3) is 0.400. The molecule has 158 valence electrons. The lowest BCUT2D eigenvalue weighted by molar-refractivity contribution is -0.166. The Morgan fingerprint density at radius 2 is 1.97 bits per heavy atom. The van der Waals surface area contributed by atoms with E-state index in [1.165, 1.54) is 12.8 Å². The first-order valence-corrected chi connectivity index (χ1v) is 10.9. The van der Waals surface area contributed by atoms with Crippen LogP contribution in [0.15, 0.2) is 48.7 Å². The van der Waals surface area contributed by atoms with Crippen molar-refractivity contribution in [1.29, 1.82) is 0 Å². The molecule has 1 aromatic heterocycles. The van der Waals surface area contributed by atoms with Gasteiger partial charge in [-0.1, -0.05) is 30.0 Å². The van der Waals surface area contributed by atoms with Crippen molar-refractivity contribution >= 4 is 11.8 Å². The lowest BCUT2D eigenvalue weighted by Gasteiger charge is -2.58. The summed E-state index contributed by atoms with van der Waals surface area (Å²) in [7, 11) is 0. The molecule has 0 spiro atoms. The molecule has 6 nitrogen and oxygen atoms in total. The zero-order chi connectivity index (χ0) is 21.4. The Kier molecular flexibility index (Phi) is 5.21. The molecule has 3 fully saturated rings. The Balaban J connectivity index is 1.31. The Hall–Kier alpha value is -3.17. The number of pyridine rings is 1. The molecule has 0 bridgehead atoms. The number of hydrogen-bond donors (Lipinski definition) is 1. The van der Waals surface area contributed by atoms with E-state index in [2.05, 4.69) is 16.8 Å². The highest BCUT2D eigenvalue weighted by atomic mass is 16.3. The predicted molar refractivity (Wildman–Crippen MR) is 115 cm³/mol. The van der Waals surface area contributed by atoms with Crippen molar-refractivity contribution < 1.29 is 14.7 Å². The molecule has 3 heterocycles. The van der Waals surface area contributed by atoms with Crippen molar-refractivity contribution in [2.24, 2.45) is 5.92 Å². The highest BCUT2D eigenvalue weighted by molar-refractivity contribution is 5.88. The standard InChI is InChI=1S/C25H25N3O3/c29-16-22-25(19-10-8-18(9-11-19)7-6-17-4-5-17)21-14-27(15-24(31)28(21)22)23(30)13-20-3-1-2-12-26-20/h1-3,8-12,17,21-22,25,29H,4-5,13-16H2/t21-,22-,25-/m1/s1. The van der Waals surface area contributed by atoms with Crippen molar-refractivity contribution in [2.75, 3.05) is 19.7 Å². The van der Waals surface area contributed by atoms with E-state index in [4.69, 9.17) is 0 Å². The Morgan fingerprint density at radius 1 is 1.16 bits per heavy atom. The predicted octanol–water partition coefficient (Wildman–Crippen LogP) is 1.58. The van der Waals surface area contributed by atoms with Crippen molar-refractivity contribution in [2.45, 2.75) is 37.3 Å². The second-order valence-electron chi connectivity index (χ2n) is 8.58. The van der Waals surface area contributed by atoms with Crippen molar-refractivity contribution in [3.8, 4) is 11.8 Å². The van der Waals surface area contributed by atoms with Gasteiger partial charge in [0.1, 0.15) is 0 Å². The number of carbonyl (C=O) groups excluding carboxylic acids is 2. The van der Waals surface area contributed by atoms with Gasteiger partial charge in [0.05, 0.1) is 31.7 Å². The zero-order valence-corrected chi connectivity index (χ0v) is 17.3. The van der Waals surface area contributed by atoms with E-state index >= 15 is 0 Å². The van der Waals surface area contributed by atoms with Gasteiger partial charge in [-0.05, 0) is 42.7 Å². The summed E-state index contributed by atoms with van der Waals surface area (Å²) >= 11 is 0. The largest absolute Gasteiger partial charge is 0.394 e. The van der Waals surface area contributed by atoms with Crippen LogP contribution in [0.2, 0.25) is 0 Å². The lowest BCUT2D eigenvalue weighted by atomic mass is 9.73. The number of piperazine rings is 1. The third-order valence-corrected chi connectivity index (χ3v) is 6.46. The van der Waals surface area contributed by atoms with Gasteiger partial charge in [0.25, 0.3) is 0 Å². The molecule has 5 rings (SSSR count). The van der Waals surface area contributed by atoms with Gasteiger partial charge in [-0.3, -0.25) is 14.6 Å². The Labute approximate surface area is 181 Å². The third-order valence-electron chi connectivity index (χ3n) is 6.46. The van der Waals surface area contributed by atoms with Crippen LogP contribution < -0.4 is 0 Å². The average molecular weight is 415 g/mol. The molecule has 6 heteroatoms. The first kappa shape index (κ1) is 19.8. The van der Waals surface area contributed by atoms with Crippen LogP contribution in [0.3, 0.4) is 0 Å². The van der Waals surface area contributed by atoms with Gasteiger partial charge in [-0.15, -0.1) is 0 Å². The summed E-state index contributed by atoms with van der Waals surface area (Å²) in [5.74, 6) is 6.85. The van der Waals surface area contributed by atoms with Crippen LogP contribution in [0.25, 0.3) is 0 Å². The van der Waals surface area contributed by atoms with Gasteiger partial charge in [0.15, 0.2) is 0 Å². The number of aromatic nitrogens is 1. The molecule has 0 unspecified atom stereocenters. The van der Waals surface area contributed by atoms with Gasteiger partial charge >= 0.3 is 0 Å². The highest BCUT2D eigenvalue weighted by Crippen LogP contribution is 2.43. The maximum Gasteiger partial charge on any atom is 0.242 e. The number of rotatable bonds is 4. The molecule has 0 radical (unpaired) electrons. The number of amides is 2. The number of benzene rings is 1. The van der Waals surface area contributed by atoms with Gasteiger partial charge in [0, 0.05) is 35.8 Å². The minimum atomic E-state index is -0.242. The minimum Gasteiger partial charge on any atom is -0.394 e. The van der Waals surface area contributed by atoms with Crippen molar-refractivity contribution in [3.05, 3.63) is 65.5 Å². The number of hydrogen-bond acceptors (Lipinski definition) is 4. The first-order chi connectivity index (χ1) is 15.1. The van der Waals surface area contributed by atoms with E-state index in [1.807, 2.05) is 42.5 Å². The monoisotopic (exact) mass is 415 g/mol. The summed E-state index contributed by atoms with van der Waals surface area (Å²) < 4.78 is 0. The number of fused-ring (bicyclic) bond motifs is 1. The molecule has 1 aromatic carbocycles. The molecular weight excluding hydrogens is 390 g/mol. The molecular formula is C25H25N3O3. The summed E-state index contributed by atoms with van der Waals surface area (Å²) in [4.78, 5) is 33.2. The lowest BCUT2D eigenvalue weighted by Crippen LogP contribution is -2.73. The van der Waals surface area contributed by atoms with Gasteiger partial charge in [-0.2, -0.15) is 0 Å². The van der Waals surface area contributed by atoms with Crippen molar-refractivity contribution in [3.63, 3.8) is 0 Å². The number of aliphatic hydroxyl groups is 1. The summed E-state index contributed by atoms with van der Waals surface area (Å²) in [6, 6.07) is 13.2. The smallest absolute Gasteiger partial charge is 0.242 e. The number of aliphatic hydroxyl groups excluding tert-OH is 1. The second kappa shape index (κ2) is 8.16. The van der Waals surface area contributed by atoms with Crippen LogP contribution in [0, 0.1) is 17.8 Å². The van der Waals surface area contributed by atoms with Crippen LogP contribution in [-0.2, 0) is 16.0 Å². The van der Waals surface area contributed by atoms with E-state index in [0.717, 1.165) is 11.1 Å². The quantitative estimate of drug-likeness (QED) is 0.770. The van der Waals surface area contributed by atoms with E-state index in [0.29, 0.717) is 18.2 Å². The second-order valence-corrected chi connectivity index (χ2v) is 8.58. The summed E-state index contributed by atoms with van der Waals surface area (Å²) in [6.45, 7) is 0.445. The van der Waals surface area contributed by atoms with Crippen molar-refractivity contribution in [1.82, 2.24) is 14.8 Å². The molecule has 2 saturated heterocycles. The first-order valence-electron chi connectivity index (χ1n) is 10.9. The molecule has 3 aliphatic rings. The molecule has 1 saturated carbocycles. The third kappa shape index (κ3) is 3.94. The maximum atomic E-state index is 12.8. The maximum absolute atomic E-state index is 12.8. The Bertz CT molecular complexity index is 1040. The van der Waals surface area contributed by atoms with E-state index in [-0.39, 0.29) is 49.4 Å². The van der Waals surface area contributed by atoms with E-state index in [1.54, 1.807) is 16.0 Å². The minimum absolute atomic E-state index is 0.00448. The zero-order valence-electron chi connectivity index (χ0n) is 17.3. The SMILES string of the molecule is O=C(Cc1ccccn1)N1CC(=O)N2[C@H](CO)[C@H](c3ccc(C#CC4CC4)cc3)[C@H]2C1. The molecule has 31 heavy (non-hydrogen) atoms. The summed E-state index contributed by atoms with van der Waals surface area (Å²) in [5.41, 5.74) is 2.76. The number of carbonyl (C=O) groups is 2.